The second-order valence-electron chi connectivity index (χ2n) is 4.57. The van der Waals surface area contributed by atoms with E-state index in [0.717, 1.165) is 6.07 Å². The molecule has 2 rings (SSSR count). The highest BCUT2D eigenvalue weighted by molar-refractivity contribution is 7.89. The van der Waals surface area contributed by atoms with E-state index in [0.29, 0.717) is 5.76 Å². The third-order valence-corrected chi connectivity index (χ3v) is 4.53. The molecule has 124 valence electrons. The third kappa shape index (κ3) is 5.05. The van der Waals surface area contributed by atoms with Crippen LogP contribution in [-0.2, 0) is 16.6 Å². The summed E-state index contributed by atoms with van der Waals surface area (Å²) in [4.78, 5) is 11.9. The van der Waals surface area contributed by atoms with E-state index >= 15 is 0 Å². The molecule has 0 saturated heterocycles. The number of hydrogen-bond acceptors (Lipinski definition) is 4. The number of furan rings is 1. The molecule has 23 heavy (non-hydrogen) atoms. The van der Waals surface area contributed by atoms with E-state index in [1.807, 2.05) is 0 Å². The van der Waals surface area contributed by atoms with Gasteiger partial charge in [0.15, 0.2) is 0 Å². The smallest absolute Gasteiger partial charge is 0.255 e. The highest BCUT2D eigenvalue weighted by Gasteiger charge is 2.17. The molecule has 2 aromatic rings. The molecule has 0 bridgehead atoms. The summed E-state index contributed by atoms with van der Waals surface area (Å²) >= 11 is 5.76. The first-order valence-corrected chi connectivity index (χ1v) is 8.64. The van der Waals surface area contributed by atoms with Crippen LogP contribution in [0.25, 0.3) is 0 Å². The van der Waals surface area contributed by atoms with Crippen LogP contribution < -0.4 is 10.0 Å². The molecule has 0 atom stereocenters. The molecule has 0 spiro atoms. The first-order valence-electron chi connectivity index (χ1n) is 6.61. The molecule has 9 heteroatoms. The van der Waals surface area contributed by atoms with Crippen molar-refractivity contribution in [3.8, 4) is 0 Å². The number of benzene rings is 1. The van der Waals surface area contributed by atoms with Crippen LogP contribution in [0.2, 0.25) is 5.02 Å². The number of carbonyl (C=O) groups excluding carboxylic acids is 1. The Balaban J connectivity index is 1.85. The van der Waals surface area contributed by atoms with Gasteiger partial charge in [0.05, 0.1) is 29.1 Å². The van der Waals surface area contributed by atoms with E-state index in [-0.39, 0.29) is 29.4 Å². The fourth-order valence-corrected chi connectivity index (χ4v) is 2.89. The zero-order valence-corrected chi connectivity index (χ0v) is 13.5. The Hall–Kier alpha value is -1.90. The number of carbonyl (C=O) groups is 1. The molecule has 1 aromatic heterocycles. The average molecular weight is 361 g/mol. The lowest BCUT2D eigenvalue weighted by molar-refractivity contribution is 0.0952. The Morgan fingerprint density at radius 2 is 2.04 bits per heavy atom. The fraction of sp³-hybridized carbons (Fsp3) is 0.214. The van der Waals surface area contributed by atoms with E-state index < -0.39 is 21.7 Å². The molecule has 0 aliphatic carbocycles. The van der Waals surface area contributed by atoms with Gasteiger partial charge in [-0.15, -0.1) is 0 Å². The second kappa shape index (κ2) is 7.58. The van der Waals surface area contributed by atoms with Gasteiger partial charge in [-0.3, -0.25) is 4.79 Å². The molecule has 1 amide bonds. The molecule has 0 radical (unpaired) electrons. The minimum atomic E-state index is -3.61. The molecule has 6 nitrogen and oxygen atoms in total. The zero-order chi connectivity index (χ0) is 16.9. The van der Waals surface area contributed by atoms with Crippen molar-refractivity contribution in [1.82, 2.24) is 10.0 Å². The molecule has 0 fully saturated rings. The van der Waals surface area contributed by atoms with Gasteiger partial charge in [-0.05, 0) is 24.3 Å². The molecule has 0 saturated carbocycles. The van der Waals surface area contributed by atoms with E-state index in [1.165, 1.54) is 18.4 Å². The zero-order valence-electron chi connectivity index (χ0n) is 11.9. The van der Waals surface area contributed by atoms with Crippen LogP contribution in [0.4, 0.5) is 4.39 Å². The second-order valence-corrected chi connectivity index (χ2v) is 6.91. The van der Waals surface area contributed by atoms with E-state index in [2.05, 4.69) is 10.0 Å². The van der Waals surface area contributed by atoms with Gasteiger partial charge in [-0.2, -0.15) is 0 Å². The molecule has 2 N–H and O–H groups in total. The third-order valence-electron chi connectivity index (χ3n) is 2.89. The molecule has 1 aromatic carbocycles. The average Bonchev–Trinajstić information content (AvgIpc) is 2.98. The predicted octanol–water partition coefficient (Wildman–Crippen LogP) is 1.92. The van der Waals surface area contributed by atoms with Crippen LogP contribution in [0.15, 0.2) is 41.0 Å². The SMILES string of the molecule is O=C(NCCS(=O)(=O)NCc1ccco1)c1c(F)cccc1Cl. The quantitative estimate of drug-likeness (QED) is 0.789. The van der Waals surface area contributed by atoms with Crippen molar-refractivity contribution in [3.63, 3.8) is 0 Å². The molecular formula is C14H14ClFN2O4S. The monoisotopic (exact) mass is 360 g/mol. The molecule has 0 unspecified atom stereocenters. The number of amides is 1. The summed E-state index contributed by atoms with van der Waals surface area (Å²) in [5.74, 6) is -1.43. The summed E-state index contributed by atoms with van der Waals surface area (Å²) in [6.45, 7) is -0.167. The molecular weight excluding hydrogens is 347 g/mol. The molecule has 1 heterocycles. The number of hydrogen-bond donors (Lipinski definition) is 2. The van der Waals surface area contributed by atoms with Crippen molar-refractivity contribution in [2.75, 3.05) is 12.3 Å². The summed E-state index contributed by atoms with van der Waals surface area (Å²) in [5, 5.41) is 2.28. The number of rotatable bonds is 7. The van der Waals surface area contributed by atoms with Crippen LogP contribution in [0, 0.1) is 5.82 Å². The van der Waals surface area contributed by atoms with Crippen molar-refractivity contribution >= 4 is 27.5 Å². The van der Waals surface area contributed by atoms with Crippen LogP contribution in [0.1, 0.15) is 16.1 Å². The highest BCUT2D eigenvalue weighted by Crippen LogP contribution is 2.18. The van der Waals surface area contributed by atoms with Gasteiger partial charge < -0.3 is 9.73 Å². The topological polar surface area (TPSA) is 88.4 Å². The van der Waals surface area contributed by atoms with Gasteiger partial charge in [0.1, 0.15) is 11.6 Å². The van der Waals surface area contributed by atoms with Crippen molar-refractivity contribution in [2.24, 2.45) is 0 Å². The lowest BCUT2D eigenvalue weighted by Gasteiger charge is -2.08. The Labute approximate surface area is 137 Å². The van der Waals surface area contributed by atoms with E-state index in [9.17, 15) is 17.6 Å². The van der Waals surface area contributed by atoms with Crippen LogP contribution in [-0.4, -0.2) is 26.6 Å². The maximum atomic E-state index is 13.6. The maximum Gasteiger partial charge on any atom is 0.255 e. The number of nitrogens with one attached hydrogen (secondary N) is 2. The van der Waals surface area contributed by atoms with Crippen LogP contribution in [0.3, 0.4) is 0 Å². The van der Waals surface area contributed by atoms with Gasteiger partial charge in [-0.25, -0.2) is 17.5 Å². The Kier molecular flexibility index (Phi) is 5.75. The van der Waals surface area contributed by atoms with Gasteiger partial charge in [0, 0.05) is 6.54 Å². The predicted molar refractivity (Wildman–Crippen MR) is 83.1 cm³/mol. The summed E-state index contributed by atoms with van der Waals surface area (Å²) in [5.41, 5.74) is -0.310. The summed E-state index contributed by atoms with van der Waals surface area (Å²) in [6.07, 6.45) is 1.43. The summed E-state index contributed by atoms with van der Waals surface area (Å²) in [7, 11) is -3.61. The lowest BCUT2D eigenvalue weighted by atomic mass is 10.2. The Morgan fingerprint density at radius 3 is 2.70 bits per heavy atom. The van der Waals surface area contributed by atoms with Crippen molar-refractivity contribution in [2.45, 2.75) is 6.54 Å². The van der Waals surface area contributed by atoms with Crippen LogP contribution in [0.5, 0.6) is 0 Å². The lowest BCUT2D eigenvalue weighted by Crippen LogP contribution is -2.34. The van der Waals surface area contributed by atoms with Crippen molar-refractivity contribution in [1.29, 1.82) is 0 Å². The van der Waals surface area contributed by atoms with Gasteiger partial charge in [0.2, 0.25) is 10.0 Å². The Morgan fingerprint density at radius 1 is 1.26 bits per heavy atom. The fourth-order valence-electron chi connectivity index (χ4n) is 1.77. The van der Waals surface area contributed by atoms with Gasteiger partial charge in [-0.1, -0.05) is 17.7 Å². The summed E-state index contributed by atoms with van der Waals surface area (Å²) < 4.78 is 44.4. The normalized spacial score (nSPS) is 11.4. The van der Waals surface area contributed by atoms with Crippen molar-refractivity contribution in [3.05, 3.63) is 58.8 Å². The van der Waals surface area contributed by atoms with E-state index in [4.69, 9.17) is 16.0 Å². The first kappa shape index (κ1) is 17.5. The first-order chi connectivity index (χ1) is 10.9. The van der Waals surface area contributed by atoms with Crippen LogP contribution >= 0.6 is 11.6 Å². The summed E-state index contributed by atoms with van der Waals surface area (Å²) in [6, 6.07) is 7.12. The standard InChI is InChI=1S/C14H14ClFN2O4S/c15-11-4-1-5-12(16)13(11)14(19)17-6-8-23(20,21)18-9-10-3-2-7-22-10/h1-5,7,18H,6,8-9H2,(H,17,19). The van der Waals surface area contributed by atoms with E-state index in [1.54, 1.807) is 12.1 Å². The van der Waals surface area contributed by atoms with Gasteiger partial charge in [0.25, 0.3) is 5.91 Å². The van der Waals surface area contributed by atoms with Crippen molar-refractivity contribution < 1.29 is 22.0 Å². The minimum Gasteiger partial charge on any atom is -0.468 e. The molecule has 0 aliphatic heterocycles. The number of halogens is 2. The highest BCUT2D eigenvalue weighted by atomic mass is 35.5. The Bertz CT molecular complexity index is 758. The number of sulfonamides is 1. The molecule has 0 aliphatic rings. The maximum absolute atomic E-state index is 13.6. The minimum absolute atomic E-state index is 0.0163. The largest absolute Gasteiger partial charge is 0.468 e. The van der Waals surface area contributed by atoms with Gasteiger partial charge >= 0.3 is 0 Å².